The van der Waals surface area contributed by atoms with Crippen LogP contribution >= 0.6 is 11.8 Å². The van der Waals surface area contributed by atoms with Crippen molar-refractivity contribution in [2.45, 2.75) is 17.7 Å². The molecule has 2 rings (SSSR count). The van der Waals surface area contributed by atoms with Crippen LogP contribution in [0.1, 0.15) is 23.2 Å². The minimum absolute atomic E-state index is 0.0499. The van der Waals surface area contributed by atoms with Gasteiger partial charge in [-0.05, 0) is 30.5 Å². The zero-order chi connectivity index (χ0) is 19.8. The average molecular weight is 393 g/mol. The zero-order valence-electron chi connectivity index (χ0n) is 14.5. The van der Waals surface area contributed by atoms with Gasteiger partial charge in [-0.3, -0.25) is 14.4 Å². The van der Waals surface area contributed by atoms with Crippen molar-refractivity contribution >= 4 is 35.1 Å². The summed E-state index contributed by atoms with van der Waals surface area (Å²) in [5.74, 6) is -3.42. The van der Waals surface area contributed by atoms with Gasteiger partial charge in [-0.2, -0.15) is 0 Å². The van der Waals surface area contributed by atoms with Gasteiger partial charge in [-0.25, -0.2) is 8.78 Å². The van der Waals surface area contributed by atoms with E-state index in [1.54, 1.807) is 23.9 Å². The molecule has 27 heavy (non-hydrogen) atoms. The van der Waals surface area contributed by atoms with Gasteiger partial charge in [0.1, 0.15) is 11.6 Å². The standard InChI is InChI=1S/C19H17F2NO4S/c1-27-14-5-2-12(3-6-14)17(23)8-9-19(25)26-11-18(24)22-16-7-4-13(20)10-15(16)21/h2-7,10H,8-9,11H2,1H3,(H,22,24). The lowest BCUT2D eigenvalue weighted by Gasteiger charge is -2.07. The summed E-state index contributed by atoms with van der Waals surface area (Å²) in [5, 5.41) is 2.17. The third-order valence-corrected chi connectivity index (χ3v) is 4.28. The summed E-state index contributed by atoms with van der Waals surface area (Å²) in [4.78, 5) is 36.4. The molecule has 0 saturated carbocycles. The first-order chi connectivity index (χ1) is 12.9. The number of carbonyl (C=O) groups excluding carboxylic acids is 3. The lowest BCUT2D eigenvalue weighted by atomic mass is 10.1. The number of hydrogen-bond donors (Lipinski definition) is 1. The SMILES string of the molecule is CSc1ccc(C(=O)CCC(=O)OCC(=O)Nc2ccc(F)cc2F)cc1. The second-order valence-corrected chi connectivity index (χ2v) is 6.36. The fourth-order valence-electron chi connectivity index (χ4n) is 2.13. The number of ketones is 1. The van der Waals surface area contributed by atoms with E-state index in [0.717, 1.165) is 17.0 Å². The van der Waals surface area contributed by atoms with Crippen LogP contribution in [0.2, 0.25) is 0 Å². The minimum Gasteiger partial charge on any atom is -0.456 e. The molecular weight excluding hydrogens is 376 g/mol. The summed E-state index contributed by atoms with van der Waals surface area (Å²) in [5.41, 5.74) is 0.270. The van der Waals surface area contributed by atoms with E-state index in [0.29, 0.717) is 11.6 Å². The molecule has 5 nitrogen and oxygen atoms in total. The Morgan fingerprint density at radius 3 is 2.37 bits per heavy atom. The lowest BCUT2D eigenvalue weighted by molar-refractivity contribution is -0.147. The number of ether oxygens (including phenoxy) is 1. The van der Waals surface area contributed by atoms with Gasteiger partial charge >= 0.3 is 5.97 Å². The van der Waals surface area contributed by atoms with Gasteiger partial charge in [0.15, 0.2) is 12.4 Å². The average Bonchev–Trinajstić information content (AvgIpc) is 2.66. The summed E-state index contributed by atoms with van der Waals surface area (Å²) >= 11 is 1.55. The number of Topliss-reactive ketones (excluding diaryl/α,β-unsaturated/α-hetero) is 1. The molecule has 0 atom stereocenters. The fourth-order valence-corrected chi connectivity index (χ4v) is 2.54. The van der Waals surface area contributed by atoms with Crippen molar-refractivity contribution < 1.29 is 27.9 Å². The van der Waals surface area contributed by atoms with E-state index >= 15 is 0 Å². The van der Waals surface area contributed by atoms with Crippen LogP contribution in [0.5, 0.6) is 0 Å². The highest BCUT2D eigenvalue weighted by Crippen LogP contribution is 2.16. The molecule has 0 spiro atoms. The molecule has 0 aliphatic heterocycles. The Hall–Kier alpha value is -2.74. The van der Waals surface area contributed by atoms with Crippen molar-refractivity contribution in [1.29, 1.82) is 0 Å². The molecule has 8 heteroatoms. The second-order valence-electron chi connectivity index (χ2n) is 5.48. The number of benzene rings is 2. The minimum atomic E-state index is -0.937. The van der Waals surface area contributed by atoms with Crippen LogP contribution in [-0.4, -0.2) is 30.5 Å². The third kappa shape index (κ3) is 6.49. The quantitative estimate of drug-likeness (QED) is 0.419. The number of rotatable bonds is 8. The van der Waals surface area contributed by atoms with Gasteiger partial charge in [0.2, 0.25) is 0 Å². The molecule has 1 N–H and O–H groups in total. The first-order valence-corrected chi connectivity index (χ1v) is 9.19. The monoisotopic (exact) mass is 393 g/mol. The maximum Gasteiger partial charge on any atom is 0.306 e. The van der Waals surface area contributed by atoms with E-state index < -0.39 is 30.1 Å². The Morgan fingerprint density at radius 1 is 1.04 bits per heavy atom. The highest BCUT2D eigenvalue weighted by molar-refractivity contribution is 7.98. The van der Waals surface area contributed by atoms with E-state index in [1.165, 1.54) is 0 Å². The Kier molecular flexibility index (Phi) is 7.48. The lowest BCUT2D eigenvalue weighted by Crippen LogP contribution is -2.21. The molecule has 2 aromatic rings. The Bertz CT molecular complexity index is 840. The van der Waals surface area contributed by atoms with Crippen molar-refractivity contribution in [1.82, 2.24) is 0 Å². The largest absolute Gasteiger partial charge is 0.456 e. The predicted molar refractivity (Wildman–Crippen MR) is 97.7 cm³/mol. The van der Waals surface area contributed by atoms with Gasteiger partial charge in [0.05, 0.1) is 12.1 Å². The molecule has 0 aliphatic carbocycles. The normalized spacial score (nSPS) is 10.3. The van der Waals surface area contributed by atoms with Crippen LogP contribution < -0.4 is 5.32 Å². The van der Waals surface area contributed by atoms with Crippen LogP contribution in [0, 0.1) is 11.6 Å². The van der Waals surface area contributed by atoms with Crippen molar-refractivity contribution in [3.63, 3.8) is 0 Å². The summed E-state index contributed by atoms with van der Waals surface area (Å²) in [7, 11) is 0. The predicted octanol–water partition coefficient (Wildman–Crippen LogP) is 3.83. The number of carbonyl (C=O) groups is 3. The maximum absolute atomic E-state index is 13.4. The topological polar surface area (TPSA) is 72.5 Å². The zero-order valence-corrected chi connectivity index (χ0v) is 15.3. The molecule has 142 valence electrons. The summed E-state index contributed by atoms with van der Waals surface area (Å²) in [6.45, 7) is -0.633. The van der Waals surface area contributed by atoms with E-state index in [1.807, 2.05) is 18.4 Å². The molecular formula is C19H17F2NO4S. The molecule has 0 fully saturated rings. The van der Waals surface area contributed by atoms with Crippen molar-refractivity contribution in [2.75, 3.05) is 18.2 Å². The van der Waals surface area contributed by atoms with Crippen LogP contribution in [0.15, 0.2) is 47.4 Å². The maximum atomic E-state index is 13.4. The molecule has 0 unspecified atom stereocenters. The first kappa shape index (κ1) is 20.6. The summed E-state index contributed by atoms with van der Waals surface area (Å²) < 4.78 is 31.0. The number of amides is 1. The van der Waals surface area contributed by atoms with Gasteiger partial charge in [-0.1, -0.05) is 12.1 Å². The molecule has 0 radical (unpaired) electrons. The fraction of sp³-hybridized carbons (Fsp3) is 0.211. The summed E-state index contributed by atoms with van der Waals surface area (Å²) in [6, 6.07) is 9.67. The van der Waals surface area contributed by atoms with E-state index in [9.17, 15) is 23.2 Å². The van der Waals surface area contributed by atoms with Crippen molar-refractivity contribution in [3.8, 4) is 0 Å². The smallest absolute Gasteiger partial charge is 0.306 e. The first-order valence-electron chi connectivity index (χ1n) is 7.97. The van der Waals surface area contributed by atoms with Gasteiger partial charge in [0, 0.05) is 22.9 Å². The Morgan fingerprint density at radius 2 is 1.74 bits per heavy atom. The number of nitrogens with one attached hydrogen (secondary N) is 1. The highest BCUT2D eigenvalue weighted by atomic mass is 32.2. The molecule has 1 amide bonds. The molecule has 0 bridgehead atoms. The summed E-state index contributed by atoms with van der Waals surface area (Å²) in [6.07, 6.45) is 1.69. The molecule has 0 aromatic heterocycles. The molecule has 2 aromatic carbocycles. The van der Waals surface area contributed by atoms with E-state index in [2.05, 4.69) is 5.32 Å². The Labute approximate surface area is 159 Å². The highest BCUT2D eigenvalue weighted by Gasteiger charge is 2.13. The number of esters is 1. The van der Waals surface area contributed by atoms with Crippen molar-refractivity contribution in [3.05, 3.63) is 59.7 Å². The Balaban J connectivity index is 1.74. The van der Waals surface area contributed by atoms with Crippen LogP contribution in [0.25, 0.3) is 0 Å². The van der Waals surface area contributed by atoms with Crippen molar-refractivity contribution in [2.24, 2.45) is 0 Å². The molecule has 0 saturated heterocycles. The van der Waals surface area contributed by atoms with Crippen LogP contribution in [-0.2, 0) is 14.3 Å². The number of hydrogen-bond acceptors (Lipinski definition) is 5. The molecule has 0 heterocycles. The van der Waals surface area contributed by atoms with Crippen LogP contribution in [0.3, 0.4) is 0 Å². The number of anilines is 1. The second kappa shape index (κ2) is 9.82. The number of thioether (sulfide) groups is 1. The number of halogens is 2. The van der Waals surface area contributed by atoms with Gasteiger partial charge < -0.3 is 10.1 Å². The third-order valence-electron chi connectivity index (χ3n) is 3.54. The van der Waals surface area contributed by atoms with Gasteiger partial charge in [-0.15, -0.1) is 11.8 Å². The van der Waals surface area contributed by atoms with E-state index in [-0.39, 0.29) is 24.3 Å². The molecule has 0 aliphatic rings. The van der Waals surface area contributed by atoms with E-state index in [4.69, 9.17) is 4.74 Å². The van der Waals surface area contributed by atoms with Gasteiger partial charge in [0.25, 0.3) is 5.91 Å². The van der Waals surface area contributed by atoms with Crippen LogP contribution in [0.4, 0.5) is 14.5 Å².